The highest BCUT2D eigenvalue weighted by molar-refractivity contribution is 9.10. The number of anilines is 2. The molecule has 1 aromatic carbocycles. The molecule has 5 heteroatoms. The standard InChI is InChI=1S/C11H9BrN2OS/c1-7-6-16-11(14-10(7)15)13-9-4-2-8(12)3-5-9/h2-6H,1H3,(H,13,14,15). The van der Waals surface area contributed by atoms with Crippen LogP contribution in [0.1, 0.15) is 5.56 Å². The lowest BCUT2D eigenvalue weighted by Crippen LogP contribution is -2.09. The Morgan fingerprint density at radius 2 is 2.00 bits per heavy atom. The van der Waals surface area contributed by atoms with E-state index in [-0.39, 0.29) is 5.56 Å². The van der Waals surface area contributed by atoms with Crippen LogP contribution in [0.25, 0.3) is 0 Å². The number of nitrogens with zero attached hydrogens (tertiary/aromatic N) is 1. The molecule has 0 radical (unpaired) electrons. The Labute approximate surface area is 105 Å². The van der Waals surface area contributed by atoms with Gasteiger partial charge in [-0.25, -0.2) is 0 Å². The molecule has 16 heavy (non-hydrogen) atoms. The van der Waals surface area contributed by atoms with Crippen molar-refractivity contribution in [1.29, 1.82) is 0 Å². The second-order valence-corrected chi connectivity index (χ2v) is 5.05. The van der Waals surface area contributed by atoms with E-state index in [1.807, 2.05) is 24.3 Å². The molecule has 2 rings (SSSR count). The van der Waals surface area contributed by atoms with E-state index in [0.29, 0.717) is 10.7 Å². The molecule has 2 aromatic rings. The van der Waals surface area contributed by atoms with Gasteiger partial charge in [-0.3, -0.25) is 4.79 Å². The summed E-state index contributed by atoms with van der Waals surface area (Å²) < 4.78 is 1.02. The monoisotopic (exact) mass is 296 g/mol. The zero-order valence-electron chi connectivity index (χ0n) is 8.53. The maximum Gasteiger partial charge on any atom is 0.276 e. The lowest BCUT2D eigenvalue weighted by atomic mass is 10.3. The summed E-state index contributed by atoms with van der Waals surface area (Å²) in [6.07, 6.45) is 0. The first kappa shape index (κ1) is 11.3. The smallest absolute Gasteiger partial charge is 0.276 e. The highest BCUT2D eigenvalue weighted by Gasteiger charge is 2.00. The Balaban J connectivity index is 2.24. The number of benzene rings is 1. The van der Waals surface area contributed by atoms with Gasteiger partial charge in [0.2, 0.25) is 0 Å². The third kappa shape index (κ3) is 2.68. The molecule has 0 saturated heterocycles. The van der Waals surface area contributed by atoms with Crippen molar-refractivity contribution in [2.45, 2.75) is 6.92 Å². The predicted octanol–water partition coefficient (Wildman–Crippen LogP) is 3.32. The molecule has 0 unspecified atom stereocenters. The van der Waals surface area contributed by atoms with E-state index >= 15 is 0 Å². The second-order valence-electron chi connectivity index (χ2n) is 3.27. The number of hydrogen-bond donors (Lipinski definition) is 1. The Kier molecular flexibility index (Phi) is 3.36. The number of nitrogens with one attached hydrogen (secondary N) is 1. The molecule has 3 nitrogen and oxygen atoms in total. The van der Waals surface area contributed by atoms with Crippen LogP contribution in [0, 0.1) is 6.92 Å². The molecule has 0 atom stereocenters. The van der Waals surface area contributed by atoms with E-state index < -0.39 is 0 Å². The third-order valence-electron chi connectivity index (χ3n) is 1.98. The molecule has 1 aromatic heterocycles. The molecular weight excluding hydrogens is 288 g/mol. The molecule has 0 amide bonds. The SMILES string of the molecule is Cc1csc(Nc2ccc(Br)cc2)nc1=O. The van der Waals surface area contributed by atoms with Crippen molar-refractivity contribution in [2.75, 3.05) is 5.32 Å². The van der Waals surface area contributed by atoms with Gasteiger partial charge in [-0.2, -0.15) is 4.98 Å². The molecule has 1 heterocycles. The summed E-state index contributed by atoms with van der Waals surface area (Å²) in [5, 5.41) is 5.50. The lowest BCUT2D eigenvalue weighted by molar-refractivity contribution is 1.22. The molecule has 0 aliphatic heterocycles. The zero-order valence-corrected chi connectivity index (χ0v) is 10.9. The van der Waals surface area contributed by atoms with Crippen molar-refractivity contribution >= 4 is 38.1 Å². The maximum atomic E-state index is 11.3. The quantitative estimate of drug-likeness (QED) is 0.924. The van der Waals surface area contributed by atoms with Gasteiger partial charge in [0.25, 0.3) is 5.56 Å². The van der Waals surface area contributed by atoms with E-state index in [0.717, 1.165) is 10.2 Å². The predicted molar refractivity (Wildman–Crippen MR) is 70.5 cm³/mol. The van der Waals surface area contributed by atoms with Gasteiger partial charge < -0.3 is 5.32 Å². The van der Waals surface area contributed by atoms with Crippen molar-refractivity contribution in [3.8, 4) is 0 Å². The number of aryl methyl sites for hydroxylation is 1. The molecule has 0 aliphatic carbocycles. The van der Waals surface area contributed by atoms with Crippen molar-refractivity contribution in [3.63, 3.8) is 0 Å². The third-order valence-corrected chi connectivity index (χ3v) is 3.40. The van der Waals surface area contributed by atoms with Crippen LogP contribution in [-0.4, -0.2) is 4.98 Å². The minimum Gasteiger partial charge on any atom is -0.331 e. The minimum atomic E-state index is -0.182. The van der Waals surface area contributed by atoms with E-state index in [4.69, 9.17) is 0 Å². The van der Waals surface area contributed by atoms with Crippen LogP contribution in [0.15, 0.2) is 38.9 Å². The fourth-order valence-corrected chi connectivity index (χ4v) is 2.08. The van der Waals surface area contributed by atoms with Crippen LogP contribution >= 0.6 is 27.3 Å². The maximum absolute atomic E-state index is 11.3. The molecule has 0 bridgehead atoms. The molecule has 0 fully saturated rings. The average molecular weight is 297 g/mol. The van der Waals surface area contributed by atoms with Crippen molar-refractivity contribution in [3.05, 3.63) is 50.0 Å². The molecule has 0 saturated carbocycles. The van der Waals surface area contributed by atoms with Crippen LogP contribution in [-0.2, 0) is 0 Å². The molecule has 0 spiro atoms. The summed E-state index contributed by atoms with van der Waals surface area (Å²) >= 11 is 4.78. The van der Waals surface area contributed by atoms with Gasteiger partial charge in [-0.05, 0) is 31.2 Å². The van der Waals surface area contributed by atoms with Crippen LogP contribution in [0.2, 0.25) is 0 Å². The summed E-state index contributed by atoms with van der Waals surface area (Å²) in [7, 11) is 0. The largest absolute Gasteiger partial charge is 0.331 e. The van der Waals surface area contributed by atoms with Crippen LogP contribution in [0.4, 0.5) is 10.8 Å². The second kappa shape index (κ2) is 4.76. The van der Waals surface area contributed by atoms with Crippen molar-refractivity contribution in [1.82, 2.24) is 4.98 Å². The summed E-state index contributed by atoms with van der Waals surface area (Å²) in [5.74, 6) is 0. The fraction of sp³-hybridized carbons (Fsp3) is 0.0909. The Morgan fingerprint density at radius 1 is 1.31 bits per heavy atom. The van der Waals surface area contributed by atoms with Gasteiger partial charge in [0.15, 0.2) is 5.13 Å². The molecular formula is C11H9BrN2OS. The Bertz CT molecular complexity index is 551. The topological polar surface area (TPSA) is 42.0 Å². The highest BCUT2D eigenvalue weighted by atomic mass is 79.9. The molecule has 1 N–H and O–H groups in total. The van der Waals surface area contributed by atoms with Crippen LogP contribution < -0.4 is 10.9 Å². The van der Waals surface area contributed by atoms with Gasteiger partial charge in [0.05, 0.1) is 0 Å². The van der Waals surface area contributed by atoms with Gasteiger partial charge in [-0.15, -0.1) is 11.3 Å². The average Bonchev–Trinajstić information content (AvgIpc) is 2.27. The van der Waals surface area contributed by atoms with Gasteiger partial charge in [0, 0.05) is 21.1 Å². The summed E-state index contributed by atoms with van der Waals surface area (Å²) in [6, 6.07) is 7.70. The Morgan fingerprint density at radius 3 is 2.62 bits per heavy atom. The van der Waals surface area contributed by atoms with E-state index in [1.165, 1.54) is 11.3 Å². The summed E-state index contributed by atoms with van der Waals surface area (Å²) in [6.45, 7) is 1.76. The van der Waals surface area contributed by atoms with Gasteiger partial charge in [-0.1, -0.05) is 15.9 Å². The van der Waals surface area contributed by atoms with Gasteiger partial charge >= 0.3 is 0 Å². The lowest BCUT2D eigenvalue weighted by Gasteiger charge is -2.03. The molecule has 0 aliphatic rings. The van der Waals surface area contributed by atoms with Crippen LogP contribution in [0.5, 0.6) is 0 Å². The normalized spacial score (nSPS) is 10.1. The van der Waals surface area contributed by atoms with E-state index in [1.54, 1.807) is 12.3 Å². The first-order chi connectivity index (χ1) is 7.65. The van der Waals surface area contributed by atoms with Gasteiger partial charge in [0.1, 0.15) is 0 Å². The minimum absolute atomic E-state index is 0.182. The first-order valence-corrected chi connectivity index (χ1v) is 6.31. The van der Waals surface area contributed by atoms with E-state index in [2.05, 4.69) is 26.2 Å². The van der Waals surface area contributed by atoms with E-state index in [9.17, 15) is 4.79 Å². The van der Waals surface area contributed by atoms with Crippen molar-refractivity contribution in [2.24, 2.45) is 0 Å². The fourth-order valence-electron chi connectivity index (χ4n) is 1.12. The number of halogens is 1. The number of rotatable bonds is 2. The number of hydrogen-bond acceptors (Lipinski definition) is 4. The first-order valence-electron chi connectivity index (χ1n) is 4.64. The summed E-state index contributed by atoms with van der Waals surface area (Å²) in [4.78, 5) is 15.3. The molecule has 82 valence electrons. The van der Waals surface area contributed by atoms with Crippen LogP contribution in [0.3, 0.4) is 0 Å². The van der Waals surface area contributed by atoms with Crippen molar-refractivity contribution < 1.29 is 0 Å². The Hall–Kier alpha value is -1.20. The highest BCUT2D eigenvalue weighted by Crippen LogP contribution is 2.19. The number of aromatic nitrogens is 1. The zero-order chi connectivity index (χ0) is 11.5. The summed E-state index contributed by atoms with van der Waals surface area (Å²) in [5.41, 5.74) is 1.40.